The molecule has 1 unspecified atom stereocenters. The summed E-state index contributed by atoms with van der Waals surface area (Å²) in [5, 5.41) is 12.3. The standard InChI is InChI=1S/C15H12OS/c1-2-13(16)10-7-8-15-12(9-10)11-5-3-4-6-14(11)17-15/h2-9,13,16H,1H2. The van der Waals surface area contributed by atoms with Crippen molar-refractivity contribution in [1.29, 1.82) is 0 Å². The zero-order valence-corrected chi connectivity index (χ0v) is 10.1. The molecule has 0 radical (unpaired) electrons. The summed E-state index contributed by atoms with van der Waals surface area (Å²) in [6.07, 6.45) is 0.966. The molecule has 0 spiro atoms. The van der Waals surface area contributed by atoms with Crippen LogP contribution >= 0.6 is 11.3 Å². The van der Waals surface area contributed by atoms with Gasteiger partial charge in [0.25, 0.3) is 0 Å². The summed E-state index contributed by atoms with van der Waals surface area (Å²) in [5.74, 6) is 0. The van der Waals surface area contributed by atoms with Crippen LogP contribution < -0.4 is 0 Å². The monoisotopic (exact) mass is 240 g/mol. The van der Waals surface area contributed by atoms with E-state index in [1.807, 2.05) is 12.1 Å². The molecule has 0 bridgehead atoms. The van der Waals surface area contributed by atoms with Crippen LogP contribution in [0, 0.1) is 0 Å². The van der Waals surface area contributed by atoms with Crippen LogP contribution in [0.1, 0.15) is 11.7 Å². The average Bonchev–Trinajstić information content (AvgIpc) is 2.75. The predicted octanol–water partition coefficient (Wildman–Crippen LogP) is 4.27. The summed E-state index contributed by atoms with van der Waals surface area (Å²) in [7, 11) is 0. The minimum atomic E-state index is -0.585. The van der Waals surface area contributed by atoms with E-state index in [4.69, 9.17) is 0 Å². The number of hydrogen-bond donors (Lipinski definition) is 1. The van der Waals surface area contributed by atoms with Crippen molar-refractivity contribution in [2.24, 2.45) is 0 Å². The molecule has 1 atom stereocenters. The first-order valence-corrected chi connectivity index (χ1v) is 6.33. The van der Waals surface area contributed by atoms with Crippen molar-refractivity contribution in [2.45, 2.75) is 6.10 Å². The maximum Gasteiger partial charge on any atom is 0.0969 e. The summed E-state index contributed by atoms with van der Waals surface area (Å²) in [6, 6.07) is 14.4. The number of aliphatic hydroxyl groups is 1. The smallest absolute Gasteiger partial charge is 0.0969 e. The van der Waals surface area contributed by atoms with E-state index in [-0.39, 0.29) is 0 Å². The van der Waals surface area contributed by atoms with Gasteiger partial charge in [0.05, 0.1) is 6.10 Å². The molecule has 1 heterocycles. The Balaban J connectivity index is 2.33. The molecule has 1 nitrogen and oxygen atoms in total. The third kappa shape index (κ3) is 1.66. The highest BCUT2D eigenvalue weighted by Gasteiger charge is 2.08. The van der Waals surface area contributed by atoms with Gasteiger partial charge in [0, 0.05) is 20.2 Å². The van der Waals surface area contributed by atoms with Gasteiger partial charge in [0.2, 0.25) is 0 Å². The molecule has 1 aromatic heterocycles. The van der Waals surface area contributed by atoms with E-state index in [1.165, 1.54) is 20.2 Å². The van der Waals surface area contributed by atoms with Gasteiger partial charge in [-0.2, -0.15) is 0 Å². The van der Waals surface area contributed by atoms with Crippen molar-refractivity contribution in [2.75, 3.05) is 0 Å². The Bertz CT molecular complexity index is 696. The van der Waals surface area contributed by atoms with Gasteiger partial charge in [-0.15, -0.1) is 17.9 Å². The molecule has 0 saturated heterocycles. The first-order chi connectivity index (χ1) is 8.29. The van der Waals surface area contributed by atoms with Crippen LogP contribution in [0.2, 0.25) is 0 Å². The highest BCUT2D eigenvalue weighted by atomic mass is 32.1. The molecule has 0 amide bonds. The second kappa shape index (κ2) is 3.99. The Morgan fingerprint density at radius 1 is 1.06 bits per heavy atom. The number of aliphatic hydroxyl groups excluding tert-OH is 1. The van der Waals surface area contributed by atoms with E-state index >= 15 is 0 Å². The largest absolute Gasteiger partial charge is 0.384 e. The molecule has 2 heteroatoms. The molecular formula is C15H12OS. The van der Waals surface area contributed by atoms with Crippen molar-refractivity contribution in [1.82, 2.24) is 0 Å². The van der Waals surface area contributed by atoms with Gasteiger partial charge in [0.1, 0.15) is 0 Å². The molecule has 1 N–H and O–H groups in total. The lowest BCUT2D eigenvalue weighted by molar-refractivity contribution is 0.229. The third-order valence-corrected chi connectivity index (χ3v) is 4.12. The van der Waals surface area contributed by atoms with Crippen LogP contribution in [0.15, 0.2) is 55.1 Å². The zero-order chi connectivity index (χ0) is 11.8. The SMILES string of the molecule is C=CC(O)c1ccc2sc3ccccc3c2c1. The maximum absolute atomic E-state index is 9.78. The fourth-order valence-corrected chi connectivity index (χ4v) is 3.15. The summed E-state index contributed by atoms with van der Waals surface area (Å²) >= 11 is 1.78. The molecule has 0 fully saturated rings. The Labute approximate surface area is 104 Å². The lowest BCUT2D eigenvalue weighted by Gasteiger charge is -2.05. The lowest BCUT2D eigenvalue weighted by Crippen LogP contribution is -1.90. The van der Waals surface area contributed by atoms with Crippen molar-refractivity contribution in [3.63, 3.8) is 0 Å². The van der Waals surface area contributed by atoms with Gasteiger partial charge in [-0.05, 0) is 23.8 Å². The van der Waals surface area contributed by atoms with E-state index in [2.05, 4.69) is 36.9 Å². The number of hydrogen-bond acceptors (Lipinski definition) is 2. The lowest BCUT2D eigenvalue weighted by atomic mass is 10.1. The fourth-order valence-electron chi connectivity index (χ4n) is 2.06. The first-order valence-electron chi connectivity index (χ1n) is 5.51. The molecule has 3 rings (SSSR count). The minimum Gasteiger partial charge on any atom is -0.384 e. The van der Waals surface area contributed by atoms with E-state index in [9.17, 15) is 5.11 Å². The van der Waals surface area contributed by atoms with Gasteiger partial charge in [-0.25, -0.2) is 0 Å². The first kappa shape index (κ1) is 10.5. The molecule has 17 heavy (non-hydrogen) atoms. The molecule has 84 valence electrons. The third-order valence-electron chi connectivity index (χ3n) is 2.97. The van der Waals surface area contributed by atoms with Crippen LogP contribution in [0.4, 0.5) is 0 Å². The van der Waals surface area contributed by atoms with Gasteiger partial charge in [-0.1, -0.05) is 30.3 Å². The Hall–Kier alpha value is -1.64. The Morgan fingerprint density at radius 2 is 1.82 bits per heavy atom. The normalized spacial score (nSPS) is 13.0. The highest BCUT2D eigenvalue weighted by molar-refractivity contribution is 7.25. The van der Waals surface area contributed by atoms with Gasteiger partial charge in [0.15, 0.2) is 0 Å². The molecule has 3 aromatic rings. The molecular weight excluding hydrogens is 228 g/mol. The summed E-state index contributed by atoms with van der Waals surface area (Å²) in [4.78, 5) is 0. The summed E-state index contributed by atoms with van der Waals surface area (Å²) in [5.41, 5.74) is 0.899. The van der Waals surface area contributed by atoms with Crippen molar-refractivity contribution in [3.05, 3.63) is 60.7 Å². The second-order valence-electron chi connectivity index (χ2n) is 4.03. The second-order valence-corrected chi connectivity index (χ2v) is 5.12. The van der Waals surface area contributed by atoms with Crippen LogP contribution in [0.5, 0.6) is 0 Å². The number of rotatable bonds is 2. The van der Waals surface area contributed by atoms with Crippen LogP contribution in [0.25, 0.3) is 20.2 Å². The number of thiophene rings is 1. The maximum atomic E-state index is 9.78. The van der Waals surface area contributed by atoms with Gasteiger partial charge >= 0.3 is 0 Å². The molecule has 2 aromatic carbocycles. The van der Waals surface area contributed by atoms with Crippen molar-refractivity contribution in [3.8, 4) is 0 Å². The predicted molar refractivity (Wildman–Crippen MR) is 74.5 cm³/mol. The quantitative estimate of drug-likeness (QED) is 0.663. The molecule has 0 aliphatic rings. The van der Waals surface area contributed by atoms with E-state index < -0.39 is 6.10 Å². The number of fused-ring (bicyclic) bond motifs is 3. The van der Waals surface area contributed by atoms with Crippen molar-refractivity contribution < 1.29 is 5.11 Å². The highest BCUT2D eigenvalue weighted by Crippen LogP contribution is 2.35. The van der Waals surface area contributed by atoms with Crippen LogP contribution in [-0.4, -0.2) is 5.11 Å². The van der Waals surface area contributed by atoms with E-state index in [1.54, 1.807) is 17.4 Å². The molecule has 0 aliphatic heterocycles. The Kier molecular flexibility index (Phi) is 2.46. The van der Waals surface area contributed by atoms with E-state index in [0.717, 1.165) is 5.56 Å². The number of benzene rings is 2. The van der Waals surface area contributed by atoms with Crippen LogP contribution in [-0.2, 0) is 0 Å². The minimum absolute atomic E-state index is 0.585. The van der Waals surface area contributed by atoms with Crippen LogP contribution in [0.3, 0.4) is 0 Å². The Morgan fingerprint density at radius 3 is 2.65 bits per heavy atom. The average molecular weight is 240 g/mol. The molecule has 0 aliphatic carbocycles. The van der Waals surface area contributed by atoms with E-state index in [0.29, 0.717) is 0 Å². The fraction of sp³-hybridized carbons (Fsp3) is 0.0667. The van der Waals surface area contributed by atoms with Gasteiger partial charge < -0.3 is 5.11 Å². The summed E-state index contributed by atoms with van der Waals surface area (Å²) < 4.78 is 2.54. The topological polar surface area (TPSA) is 20.2 Å². The molecule has 0 saturated carbocycles. The zero-order valence-electron chi connectivity index (χ0n) is 9.26. The summed E-state index contributed by atoms with van der Waals surface area (Å²) in [6.45, 7) is 3.62. The van der Waals surface area contributed by atoms with Gasteiger partial charge in [-0.3, -0.25) is 0 Å². The van der Waals surface area contributed by atoms with Crippen molar-refractivity contribution >= 4 is 31.5 Å².